The fourth-order valence-corrected chi connectivity index (χ4v) is 3.10. The highest BCUT2D eigenvalue weighted by molar-refractivity contribution is 9.10. The molecule has 2 aromatic carbocycles. The van der Waals surface area contributed by atoms with Gasteiger partial charge in [-0.3, -0.25) is 4.79 Å². The molecule has 0 bridgehead atoms. The van der Waals surface area contributed by atoms with Crippen LogP contribution in [0.25, 0.3) is 0 Å². The van der Waals surface area contributed by atoms with Gasteiger partial charge in [0.15, 0.2) is 0 Å². The van der Waals surface area contributed by atoms with E-state index in [1.807, 2.05) is 18.2 Å². The highest BCUT2D eigenvalue weighted by Gasteiger charge is 2.40. The summed E-state index contributed by atoms with van der Waals surface area (Å²) in [5.74, 6) is 0.0919. The second-order valence-corrected chi connectivity index (χ2v) is 6.20. The van der Waals surface area contributed by atoms with Crippen LogP contribution in [0.5, 0.6) is 0 Å². The fraction of sp³-hybridized carbons (Fsp3) is 0.235. The molecule has 3 rings (SSSR count). The Morgan fingerprint density at radius 1 is 1.19 bits per heavy atom. The van der Waals surface area contributed by atoms with Gasteiger partial charge in [0.25, 0.3) is 0 Å². The summed E-state index contributed by atoms with van der Waals surface area (Å²) in [6.45, 7) is 0. The summed E-state index contributed by atoms with van der Waals surface area (Å²) in [4.78, 5) is 12.0. The SMILES string of the molecule is O=C(Cc1ccc(F)cc1)N[C@@H]1C[C@H]1c1ccccc1Br. The van der Waals surface area contributed by atoms with Crippen molar-refractivity contribution in [3.63, 3.8) is 0 Å². The molecule has 0 heterocycles. The minimum Gasteiger partial charge on any atom is -0.352 e. The molecule has 2 atom stereocenters. The summed E-state index contributed by atoms with van der Waals surface area (Å²) in [6.07, 6.45) is 1.26. The molecule has 1 aliphatic carbocycles. The molecule has 2 aromatic rings. The van der Waals surface area contributed by atoms with Crippen LogP contribution in [0.15, 0.2) is 53.0 Å². The van der Waals surface area contributed by atoms with Crippen LogP contribution in [0.3, 0.4) is 0 Å². The van der Waals surface area contributed by atoms with E-state index < -0.39 is 0 Å². The third-order valence-corrected chi connectivity index (χ3v) is 4.44. The average Bonchev–Trinajstić information content (AvgIpc) is 3.21. The van der Waals surface area contributed by atoms with E-state index in [1.165, 1.54) is 17.7 Å². The maximum atomic E-state index is 12.8. The molecule has 0 saturated heterocycles. The van der Waals surface area contributed by atoms with Crippen LogP contribution in [0, 0.1) is 5.82 Å². The number of hydrogen-bond donors (Lipinski definition) is 1. The van der Waals surface area contributed by atoms with Gasteiger partial charge in [0.2, 0.25) is 5.91 Å². The number of benzene rings is 2. The molecule has 0 radical (unpaired) electrons. The molecule has 1 N–H and O–H groups in total. The first-order chi connectivity index (χ1) is 10.1. The van der Waals surface area contributed by atoms with Crippen molar-refractivity contribution in [3.8, 4) is 0 Å². The molecule has 0 spiro atoms. The first-order valence-corrected chi connectivity index (χ1v) is 7.71. The van der Waals surface area contributed by atoms with Gasteiger partial charge in [-0.15, -0.1) is 0 Å². The Bertz CT molecular complexity index is 656. The molecular weight excluding hydrogens is 333 g/mol. The topological polar surface area (TPSA) is 29.1 Å². The van der Waals surface area contributed by atoms with Gasteiger partial charge in [-0.1, -0.05) is 46.3 Å². The zero-order valence-electron chi connectivity index (χ0n) is 11.4. The van der Waals surface area contributed by atoms with Gasteiger partial charge in [0.1, 0.15) is 5.82 Å². The molecule has 1 amide bonds. The molecule has 0 aliphatic heterocycles. The van der Waals surface area contributed by atoms with Crippen molar-refractivity contribution < 1.29 is 9.18 Å². The van der Waals surface area contributed by atoms with Gasteiger partial charge in [0, 0.05) is 16.4 Å². The van der Waals surface area contributed by atoms with Crippen LogP contribution >= 0.6 is 15.9 Å². The normalized spacial score (nSPS) is 20.1. The molecule has 1 aliphatic rings. The van der Waals surface area contributed by atoms with Crippen molar-refractivity contribution in [2.75, 3.05) is 0 Å². The molecular formula is C17H15BrFNO. The molecule has 4 heteroatoms. The molecule has 21 heavy (non-hydrogen) atoms. The number of amides is 1. The van der Waals surface area contributed by atoms with Crippen molar-refractivity contribution in [2.45, 2.75) is 24.8 Å². The maximum absolute atomic E-state index is 12.8. The molecule has 1 fully saturated rings. The highest BCUT2D eigenvalue weighted by atomic mass is 79.9. The molecule has 0 aromatic heterocycles. The van der Waals surface area contributed by atoms with Gasteiger partial charge in [0.05, 0.1) is 6.42 Å². The minimum absolute atomic E-state index is 0.0128. The van der Waals surface area contributed by atoms with Crippen molar-refractivity contribution in [2.24, 2.45) is 0 Å². The van der Waals surface area contributed by atoms with Gasteiger partial charge < -0.3 is 5.32 Å². The first kappa shape index (κ1) is 14.3. The molecule has 1 saturated carbocycles. The highest BCUT2D eigenvalue weighted by Crippen LogP contribution is 2.43. The lowest BCUT2D eigenvalue weighted by molar-refractivity contribution is -0.120. The zero-order chi connectivity index (χ0) is 14.8. The summed E-state index contributed by atoms with van der Waals surface area (Å²) in [7, 11) is 0. The summed E-state index contributed by atoms with van der Waals surface area (Å²) >= 11 is 3.54. The molecule has 2 nitrogen and oxygen atoms in total. The third-order valence-electron chi connectivity index (χ3n) is 3.72. The lowest BCUT2D eigenvalue weighted by Gasteiger charge is -2.06. The number of hydrogen-bond acceptors (Lipinski definition) is 1. The summed E-state index contributed by atoms with van der Waals surface area (Å²) in [6, 6.07) is 14.4. The van der Waals surface area contributed by atoms with Crippen LogP contribution in [0.4, 0.5) is 4.39 Å². The van der Waals surface area contributed by atoms with Gasteiger partial charge in [-0.05, 0) is 35.7 Å². The van der Waals surface area contributed by atoms with Crippen LogP contribution in [0.1, 0.15) is 23.5 Å². The van der Waals surface area contributed by atoms with Crippen LogP contribution < -0.4 is 5.32 Å². The Kier molecular flexibility index (Phi) is 4.06. The largest absolute Gasteiger partial charge is 0.352 e. The van der Waals surface area contributed by atoms with Crippen molar-refractivity contribution in [3.05, 3.63) is 69.9 Å². The number of nitrogens with one attached hydrogen (secondary N) is 1. The van der Waals surface area contributed by atoms with Crippen molar-refractivity contribution in [1.82, 2.24) is 5.32 Å². The Labute approximate surface area is 131 Å². The Morgan fingerprint density at radius 3 is 2.62 bits per heavy atom. The summed E-state index contributed by atoms with van der Waals surface area (Å²) in [5, 5.41) is 3.04. The Morgan fingerprint density at radius 2 is 1.90 bits per heavy atom. The van der Waals surface area contributed by atoms with Gasteiger partial charge in [-0.25, -0.2) is 4.39 Å². The van der Waals surface area contributed by atoms with E-state index >= 15 is 0 Å². The van der Waals surface area contributed by atoms with Crippen LogP contribution in [-0.4, -0.2) is 11.9 Å². The van der Waals surface area contributed by atoms with E-state index in [9.17, 15) is 9.18 Å². The van der Waals surface area contributed by atoms with E-state index in [0.29, 0.717) is 12.3 Å². The Hall–Kier alpha value is -1.68. The van der Waals surface area contributed by atoms with Crippen molar-refractivity contribution >= 4 is 21.8 Å². The maximum Gasteiger partial charge on any atom is 0.224 e. The summed E-state index contributed by atoms with van der Waals surface area (Å²) < 4.78 is 13.9. The van der Waals surface area contributed by atoms with E-state index in [-0.39, 0.29) is 17.8 Å². The number of carbonyl (C=O) groups is 1. The summed E-state index contributed by atoms with van der Waals surface area (Å²) in [5.41, 5.74) is 2.07. The molecule has 0 unspecified atom stereocenters. The van der Waals surface area contributed by atoms with Crippen molar-refractivity contribution in [1.29, 1.82) is 0 Å². The van der Waals surface area contributed by atoms with E-state index in [4.69, 9.17) is 0 Å². The predicted molar refractivity (Wildman–Crippen MR) is 83.5 cm³/mol. The second kappa shape index (κ2) is 5.98. The fourth-order valence-electron chi connectivity index (χ4n) is 2.52. The zero-order valence-corrected chi connectivity index (χ0v) is 12.9. The number of halogens is 2. The Balaban J connectivity index is 1.55. The lowest BCUT2D eigenvalue weighted by atomic mass is 10.1. The van der Waals surface area contributed by atoms with Crippen LogP contribution in [0.2, 0.25) is 0 Å². The molecule has 108 valence electrons. The first-order valence-electron chi connectivity index (χ1n) is 6.92. The monoisotopic (exact) mass is 347 g/mol. The lowest BCUT2D eigenvalue weighted by Crippen LogP contribution is -2.28. The standard InChI is InChI=1S/C17H15BrFNO/c18-15-4-2-1-3-13(15)14-10-16(14)20-17(21)9-11-5-7-12(19)8-6-11/h1-8,14,16H,9-10H2,(H,20,21)/t14-,16+/m0/s1. The second-order valence-electron chi connectivity index (χ2n) is 5.34. The third kappa shape index (κ3) is 3.50. The average molecular weight is 348 g/mol. The van der Waals surface area contributed by atoms with Gasteiger partial charge in [-0.2, -0.15) is 0 Å². The van der Waals surface area contributed by atoms with E-state index in [2.05, 4.69) is 27.3 Å². The van der Waals surface area contributed by atoms with Crippen LogP contribution in [-0.2, 0) is 11.2 Å². The minimum atomic E-state index is -0.282. The smallest absolute Gasteiger partial charge is 0.224 e. The van der Waals surface area contributed by atoms with Gasteiger partial charge >= 0.3 is 0 Å². The number of rotatable bonds is 4. The number of carbonyl (C=O) groups excluding carboxylic acids is 1. The quantitative estimate of drug-likeness (QED) is 0.895. The predicted octanol–water partition coefficient (Wildman–Crippen LogP) is 3.80. The van der Waals surface area contributed by atoms with E-state index in [0.717, 1.165) is 16.5 Å². The van der Waals surface area contributed by atoms with E-state index in [1.54, 1.807) is 12.1 Å².